The first-order valence-electron chi connectivity index (χ1n) is 5.65. The molecule has 0 heterocycles. The molecule has 0 aliphatic heterocycles. The third-order valence-electron chi connectivity index (χ3n) is 2.77. The summed E-state index contributed by atoms with van der Waals surface area (Å²) >= 11 is 0. The molecule has 1 aliphatic rings. The monoisotopic (exact) mass is 208 g/mol. The molecule has 1 atom stereocenters. The summed E-state index contributed by atoms with van der Waals surface area (Å²) in [5.41, 5.74) is 5.91. The van der Waals surface area contributed by atoms with Crippen molar-refractivity contribution >= 4 is 5.91 Å². The highest BCUT2D eigenvalue weighted by Gasteiger charge is 2.30. The Morgan fingerprint density at radius 2 is 2.33 bits per heavy atom. The first kappa shape index (κ1) is 12.1. The van der Waals surface area contributed by atoms with Gasteiger partial charge in [0.1, 0.15) is 0 Å². The Morgan fingerprint density at radius 1 is 1.67 bits per heavy atom. The van der Waals surface area contributed by atoms with Gasteiger partial charge in [0.25, 0.3) is 0 Å². The second-order valence-corrected chi connectivity index (χ2v) is 4.22. The molecule has 1 unspecified atom stereocenters. The van der Waals surface area contributed by atoms with Gasteiger partial charge in [0.2, 0.25) is 5.91 Å². The Labute approximate surface area is 92.0 Å². The van der Waals surface area contributed by atoms with Crippen LogP contribution in [0.2, 0.25) is 0 Å². The van der Waals surface area contributed by atoms with Crippen molar-refractivity contribution in [2.24, 2.45) is 11.7 Å². The summed E-state index contributed by atoms with van der Waals surface area (Å²) in [5.74, 6) is 3.19. The number of amides is 1. The van der Waals surface area contributed by atoms with Gasteiger partial charge in [0, 0.05) is 19.0 Å². The summed E-state index contributed by atoms with van der Waals surface area (Å²) in [4.78, 5) is 13.5. The molecule has 0 radical (unpaired) electrons. The van der Waals surface area contributed by atoms with Crippen LogP contribution in [0.25, 0.3) is 0 Å². The van der Waals surface area contributed by atoms with Crippen molar-refractivity contribution in [2.45, 2.75) is 38.6 Å². The Hall–Kier alpha value is -1.01. The fourth-order valence-electron chi connectivity index (χ4n) is 1.69. The van der Waals surface area contributed by atoms with Gasteiger partial charge in [-0.05, 0) is 25.2 Å². The number of hydrogen-bond acceptors (Lipinski definition) is 2. The van der Waals surface area contributed by atoms with Crippen molar-refractivity contribution in [1.29, 1.82) is 0 Å². The second-order valence-electron chi connectivity index (χ2n) is 4.22. The highest BCUT2D eigenvalue weighted by molar-refractivity contribution is 5.77. The molecule has 0 bridgehead atoms. The maximum atomic E-state index is 11.8. The van der Waals surface area contributed by atoms with Crippen molar-refractivity contribution in [1.82, 2.24) is 4.90 Å². The molecule has 0 aromatic rings. The Bertz CT molecular complexity index is 253. The van der Waals surface area contributed by atoms with Crippen LogP contribution >= 0.6 is 0 Å². The van der Waals surface area contributed by atoms with E-state index in [0.29, 0.717) is 18.9 Å². The third-order valence-corrected chi connectivity index (χ3v) is 2.77. The first-order valence-corrected chi connectivity index (χ1v) is 5.65. The van der Waals surface area contributed by atoms with Crippen LogP contribution in [-0.2, 0) is 4.79 Å². The Morgan fingerprint density at radius 3 is 2.80 bits per heavy atom. The highest BCUT2D eigenvalue weighted by atomic mass is 16.2. The van der Waals surface area contributed by atoms with Crippen LogP contribution in [0.1, 0.15) is 32.6 Å². The lowest BCUT2D eigenvalue weighted by Gasteiger charge is -2.21. The zero-order valence-corrected chi connectivity index (χ0v) is 9.41. The van der Waals surface area contributed by atoms with E-state index in [1.165, 1.54) is 12.8 Å². The van der Waals surface area contributed by atoms with E-state index in [1.807, 2.05) is 6.92 Å². The first-order chi connectivity index (χ1) is 7.19. The average Bonchev–Trinajstić information content (AvgIpc) is 3.00. The molecule has 3 heteroatoms. The Balaban J connectivity index is 2.37. The van der Waals surface area contributed by atoms with Gasteiger partial charge in [0.05, 0.1) is 6.54 Å². The molecule has 1 fully saturated rings. The minimum Gasteiger partial charge on any atom is -0.332 e. The smallest absolute Gasteiger partial charge is 0.224 e. The van der Waals surface area contributed by atoms with Gasteiger partial charge in [-0.3, -0.25) is 4.79 Å². The number of hydrogen-bond donors (Lipinski definition) is 1. The van der Waals surface area contributed by atoms with Crippen LogP contribution in [0.15, 0.2) is 0 Å². The van der Waals surface area contributed by atoms with E-state index in [-0.39, 0.29) is 11.9 Å². The van der Waals surface area contributed by atoms with Crippen LogP contribution in [-0.4, -0.2) is 29.9 Å². The van der Waals surface area contributed by atoms with Gasteiger partial charge in [-0.25, -0.2) is 0 Å². The van der Waals surface area contributed by atoms with Crippen LogP contribution in [0.3, 0.4) is 0 Å². The zero-order valence-electron chi connectivity index (χ0n) is 9.41. The van der Waals surface area contributed by atoms with E-state index in [2.05, 4.69) is 5.92 Å². The number of terminal acetylenes is 1. The molecule has 1 aliphatic carbocycles. The molecular weight excluding hydrogens is 188 g/mol. The standard InChI is InChI=1S/C12H20N2O/c1-3-7-14(8-4-2)12(15)9-11(13)10-5-6-10/h1,10-11H,4-9,13H2,2H3. The van der Waals surface area contributed by atoms with E-state index in [4.69, 9.17) is 12.2 Å². The molecular formula is C12H20N2O. The quantitative estimate of drug-likeness (QED) is 0.662. The maximum Gasteiger partial charge on any atom is 0.224 e. The normalized spacial score (nSPS) is 16.9. The number of nitrogens with zero attached hydrogens (tertiary/aromatic N) is 1. The molecule has 1 saturated carbocycles. The molecule has 3 nitrogen and oxygen atoms in total. The molecule has 15 heavy (non-hydrogen) atoms. The van der Waals surface area contributed by atoms with E-state index in [9.17, 15) is 4.79 Å². The summed E-state index contributed by atoms with van der Waals surface area (Å²) in [5, 5.41) is 0. The van der Waals surface area contributed by atoms with Gasteiger partial charge < -0.3 is 10.6 Å². The SMILES string of the molecule is C#CCN(CCC)C(=O)CC(N)C1CC1. The lowest BCUT2D eigenvalue weighted by atomic mass is 10.1. The fourth-order valence-corrected chi connectivity index (χ4v) is 1.69. The van der Waals surface area contributed by atoms with Crippen LogP contribution in [0, 0.1) is 18.3 Å². The summed E-state index contributed by atoms with van der Waals surface area (Å²) in [6.07, 6.45) is 8.97. The summed E-state index contributed by atoms with van der Waals surface area (Å²) < 4.78 is 0. The van der Waals surface area contributed by atoms with Gasteiger partial charge in [0.15, 0.2) is 0 Å². The second kappa shape index (κ2) is 5.77. The van der Waals surface area contributed by atoms with Crippen molar-refractivity contribution in [3.05, 3.63) is 0 Å². The predicted octanol–water partition coefficient (Wildman–Crippen LogP) is 0.986. The molecule has 84 valence electrons. The van der Waals surface area contributed by atoms with Crippen LogP contribution < -0.4 is 5.73 Å². The van der Waals surface area contributed by atoms with Gasteiger partial charge >= 0.3 is 0 Å². The van der Waals surface area contributed by atoms with Gasteiger partial charge in [-0.15, -0.1) is 6.42 Å². The minimum absolute atomic E-state index is 0.0367. The largest absolute Gasteiger partial charge is 0.332 e. The molecule has 0 saturated heterocycles. The predicted molar refractivity (Wildman–Crippen MR) is 61.0 cm³/mol. The molecule has 1 amide bonds. The van der Waals surface area contributed by atoms with Gasteiger partial charge in [-0.1, -0.05) is 12.8 Å². The van der Waals surface area contributed by atoms with E-state index in [0.717, 1.165) is 13.0 Å². The van der Waals surface area contributed by atoms with Crippen molar-refractivity contribution < 1.29 is 4.79 Å². The molecule has 0 aromatic carbocycles. The minimum atomic E-state index is 0.0367. The summed E-state index contributed by atoms with van der Waals surface area (Å²) in [7, 11) is 0. The number of carbonyl (C=O) groups is 1. The van der Waals surface area contributed by atoms with E-state index < -0.39 is 0 Å². The molecule has 1 rings (SSSR count). The zero-order chi connectivity index (χ0) is 11.3. The van der Waals surface area contributed by atoms with Crippen molar-refractivity contribution in [3.8, 4) is 12.3 Å². The molecule has 0 spiro atoms. The number of carbonyl (C=O) groups excluding carboxylic acids is 1. The summed E-state index contributed by atoms with van der Waals surface area (Å²) in [6.45, 7) is 3.18. The third kappa shape index (κ3) is 3.93. The van der Waals surface area contributed by atoms with E-state index >= 15 is 0 Å². The average molecular weight is 208 g/mol. The van der Waals surface area contributed by atoms with Crippen LogP contribution in [0.4, 0.5) is 0 Å². The fraction of sp³-hybridized carbons (Fsp3) is 0.750. The topological polar surface area (TPSA) is 46.3 Å². The van der Waals surface area contributed by atoms with Crippen molar-refractivity contribution in [2.75, 3.05) is 13.1 Å². The molecule has 0 aromatic heterocycles. The highest BCUT2D eigenvalue weighted by Crippen LogP contribution is 2.32. The van der Waals surface area contributed by atoms with E-state index in [1.54, 1.807) is 4.90 Å². The lowest BCUT2D eigenvalue weighted by molar-refractivity contribution is -0.131. The van der Waals surface area contributed by atoms with Crippen molar-refractivity contribution in [3.63, 3.8) is 0 Å². The maximum absolute atomic E-state index is 11.8. The number of rotatable bonds is 6. The number of nitrogens with two attached hydrogens (primary N) is 1. The molecule has 2 N–H and O–H groups in total. The lowest BCUT2D eigenvalue weighted by Crippen LogP contribution is -2.37. The summed E-state index contributed by atoms with van der Waals surface area (Å²) in [6, 6.07) is 0.0367. The Kier molecular flexibility index (Phi) is 4.64. The van der Waals surface area contributed by atoms with Crippen LogP contribution in [0.5, 0.6) is 0 Å². The van der Waals surface area contributed by atoms with Gasteiger partial charge in [-0.2, -0.15) is 0 Å².